The highest BCUT2D eigenvalue weighted by Crippen LogP contribution is 2.34. The van der Waals surface area contributed by atoms with E-state index in [0.29, 0.717) is 25.4 Å². The number of carbonyl (C=O) groups excluding carboxylic acids is 1. The van der Waals surface area contributed by atoms with Gasteiger partial charge in [0.05, 0.1) is 25.1 Å². The Morgan fingerprint density at radius 1 is 1.30 bits per heavy atom. The Labute approximate surface area is 170 Å². The minimum Gasteiger partial charge on any atom is -0.480 e. The third kappa shape index (κ3) is 4.87. The van der Waals surface area contributed by atoms with Crippen molar-refractivity contribution in [1.29, 1.82) is 0 Å². The summed E-state index contributed by atoms with van der Waals surface area (Å²) < 4.78 is 57.9. The van der Waals surface area contributed by atoms with Gasteiger partial charge in [0.1, 0.15) is 5.82 Å². The van der Waals surface area contributed by atoms with Gasteiger partial charge < -0.3 is 9.64 Å². The molecule has 6 nitrogen and oxygen atoms in total. The van der Waals surface area contributed by atoms with E-state index in [0.717, 1.165) is 11.6 Å². The highest BCUT2D eigenvalue weighted by atomic mass is 19.4. The van der Waals surface area contributed by atoms with Gasteiger partial charge in [-0.25, -0.2) is 19.2 Å². The highest BCUT2D eigenvalue weighted by molar-refractivity contribution is 5.88. The van der Waals surface area contributed by atoms with Crippen molar-refractivity contribution in [3.8, 4) is 5.88 Å². The summed E-state index contributed by atoms with van der Waals surface area (Å²) in [5, 5.41) is 2.63. The van der Waals surface area contributed by atoms with E-state index >= 15 is 0 Å². The molecule has 1 atom stereocenters. The number of hydrogen-bond donors (Lipinski definition) is 1. The van der Waals surface area contributed by atoms with Crippen molar-refractivity contribution in [1.82, 2.24) is 14.9 Å². The molecule has 0 bridgehead atoms. The Hall–Kier alpha value is -3.17. The summed E-state index contributed by atoms with van der Waals surface area (Å²) in [7, 11) is 1.45. The van der Waals surface area contributed by atoms with Crippen LogP contribution < -0.4 is 10.1 Å². The van der Waals surface area contributed by atoms with Crippen LogP contribution in [0.3, 0.4) is 0 Å². The van der Waals surface area contributed by atoms with E-state index in [4.69, 9.17) is 4.74 Å². The number of alkyl halides is 3. The molecule has 0 radical (unpaired) electrons. The first kappa shape index (κ1) is 21.5. The Morgan fingerprint density at radius 2 is 2.07 bits per heavy atom. The number of carbonyl (C=O) groups is 1. The first-order chi connectivity index (χ1) is 14.2. The summed E-state index contributed by atoms with van der Waals surface area (Å²) in [5.41, 5.74) is -0.624. The predicted molar refractivity (Wildman–Crippen MR) is 102 cm³/mol. The number of aromatic nitrogens is 2. The number of nitrogens with one attached hydrogen (secondary N) is 1. The number of ether oxygens (including phenoxy) is 1. The van der Waals surface area contributed by atoms with Crippen molar-refractivity contribution in [2.24, 2.45) is 5.92 Å². The molecule has 10 heteroatoms. The van der Waals surface area contributed by atoms with Crippen LogP contribution in [0.4, 0.5) is 28.2 Å². The minimum atomic E-state index is -4.75. The molecule has 30 heavy (non-hydrogen) atoms. The van der Waals surface area contributed by atoms with Gasteiger partial charge in [-0.1, -0.05) is 30.7 Å². The van der Waals surface area contributed by atoms with Crippen molar-refractivity contribution in [2.45, 2.75) is 19.5 Å². The predicted octanol–water partition coefficient (Wildman–Crippen LogP) is 4.60. The van der Waals surface area contributed by atoms with Gasteiger partial charge in [0, 0.05) is 18.7 Å². The van der Waals surface area contributed by atoms with Gasteiger partial charge in [0.2, 0.25) is 5.88 Å². The van der Waals surface area contributed by atoms with Crippen LogP contribution in [0.15, 0.2) is 36.2 Å². The van der Waals surface area contributed by atoms with Gasteiger partial charge in [-0.3, -0.25) is 5.32 Å². The number of benzene rings is 1. The van der Waals surface area contributed by atoms with Crippen LogP contribution in [0.1, 0.15) is 24.5 Å². The normalized spacial score (nSPS) is 18.4. The number of nitrogens with zero attached hydrogens (tertiary/aromatic N) is 3. The molecule has 1 aliphatic rings. The molecule has 160 valence electrons. The second kappa shape index (κ2) is 8.68. The average Bonchev–Trinajstić information content (AvgIpc) is 2.70. The number of anilines is 1. The monoisotopic (exact) mass is 424 g/mol. The van der Waals surface area contributed by atoms with Crippen LogP contribution in [0, 0.1) is 11.7 Å². The van der Waals surface area contributed by atoms with Crippen LogP contribution in [0.2, 0.25) is 0 Å². The molecule has 2 heterocycles. The average molecular weight is 424 g/mol. The molecule has 0 saturated carbocycles. The number of amides is 2. The van der Waals surface area contributed by atoms with Crippen LogP contribution >= 0.6 is 0 Å². The lowest BCUT2D eigenvalue weighted by Crippen LogP contribution is -2.42. The lowest BCUT2D eigenvalue weighted by Gasteiger charge is -2.33. The number of likely N-dealkylation sites (tertiary alicyclic amines) is 1. The van der Waals surface area contributed by atoms with Gasteiger partial charge in [0.25, 0.3) is 0 Å². The van der Waals surface area contributed by atoms with Crippen molar-refractivity contribution in [2.75, 3.05) is 25.5 Å². The molecule has 1 N–H and O–H groups in total. The molecule has 2 aromatic rings. The number of piperidine rings is 1. The number of methoxy groups -OCH3 is 1. The molecule has 3 rings (SSSR count). The molecule has 1 fully saturated rings. The summed E-state index contributed by atoms with van der Waals surface area (Å²) in [6.45, 7) is 2.51. The van der Waals surface area contributed by atoms with E-state index in [9.17, 15) is 22.4 Å². The van der Waals surface area contributed by atoms with Gasteiger partial charge >= 0.3 is 12.2 Å². The largest absolute Gasteiger partial charge is 0.480 e. The summed E-state index contributed by atoms with van der Waals surface area (Å²) in [6.07, 6.45) is -0.154. The topological polar surface area (TPSA) is 67.3 Å². The van der Waals surface area contributed by atoms with Crippen LogP contribution in [-0.2, 0) is 6.18 Å². The number of halogens is 4. The molecule has 1 aliphatic heterocycles. The van der Waals surface area contributed by atoms with E-state index < -0.39 is 17.6 Å². The number of rotatable bonds is 3. The molecule has 1 unspecified atom stereocenters. The molecule has 0 aliphatic carbocycles. The maximum atomic E-state index is 14.3. The maximum Gasteiger partial charge on any atom is 0.419 e. The zero-order valence-electron chi connectivity index (χ0n) is 16.3. The SMILES string of the molecule is COc1cnc(NC(=O)N2CCC(=Cc3cccc(C(F)(F)F)c3F)C(C)C2)cn1. The molecule has 0 spiro atoms. The fourth-order valence-corrected chi connectivity index (χ4v) is 3.20. The van der Waals surface area contributed by atoms with Gasteiger partial charge in [-0.15, -0.1) is 0 Å². The zero-order valence-corrected chi connectivity index (χ0v) is 16.3. The van der Waals surface area contributed by atoms with Crippen LogP contribution in [-0.4, -0.2) is 41.1 Å². The lowest BCUT2D eigenvalue weighted by atomic mass is 9.91. The van der Waals surface area contributed by atoms with Crippen molar-refractivity contribution in [3.05, 3.63) is 53.1 Å². The minimum absolute atomic E-state index is 0.113. The number of urea groups is 1. The molecular formula is C20H20F4N4O2. The Morgan fingerprint density at radius 3 is 2.67 bits per heavy atom. The Kier molecular flexibility index (Phi) is 6.23. The first-order valence-corrected chi connectivity index (χ1v) is 9.17. The Balaban J connectivity index is 1.68. The van der Waals surface area contributed by atoms with Crippen LogP contribution in [0.5, 0.6) is 5.88 Å². The summed E-state index contributed by atoms with van der Waals surface area (Å²) in [5.74, 6) is -0.861. The third-order valence-electron chi connectivity index (χ3n) is 4.83. The zero-order chi connectivity index (χ0) is 21.9. The second-order valence-electron chi connectivity index (χ2n) is 6.90. The van der Waals surface area contributed by atoms with E-state index in [-0.39, 0.29) is 23.3 Å². The van der Waals surface area contributed by atoms with E-state index in [1.807, 2.05) is 6.92 Å². The molecular weight excluding hydrogens is 404 g/mol. The molecule has 1 aromatic heterocycles. The standard InChI is InChI=1S/C20H20F4N4O2/c1-12-11-28(19(29)27-16-9-26-17(30-2)10-25-16)7-6-13(12)8-14-4-3-5-15(18(14)21)20(22,23)24/h3-5,8-10,12H,6-7,11H2,1-2H3,(H,25,27,29). The van der Waals surface area contributed by atoms with Gasteiger partial charge in [-0.2, -0.15) is 13.2 Å². The van der Waals surface area contributed by atoms with Crippen molar-refractivity contribution < 1.29 is 27.1 Å². The summed E-state index contributed by atoms with van der Waals surface area (Å²) in [4.78, 5) is 22.0. The summed E-state index contributed by atoms with van der Waals surface area (Å²) in [6, 6.07) is 2.84. The lowest BCUT2D eigenvalue weighted by molar-refractivity contribution is -0.140. The highest BCUT2D eigenvalue weighted by Gasteiger charge is 2.34. The quantitative estimate of drug-likeness (QED) is 0.732. The summed E-state index contributed by atoms with van der Waals surface area (Å²) >= 11 is 0. The van der Waals surface area contributed by atoms with E-state index in [1.165, 1.54) is 37.7 Å². The molecule has 2 amide bonds. The first-order valence-electron chi connectivity index (χ1n) is 9.17. The van der Waals surface area contributed by atoms with Crippen LogP contribution in [0.25, 0.3) is 6.08 Å². The second-order valence-corrected chi connectivity index (χ2v) is 6.90. The molecule has 1 aromatic carbocycles. The fourth-order valence-electron chi connectivity index (χ4n) is 3.20. The van der Waals surface area contributed by atoms with Crippen molar-refractivity contribution >= 4 is 17.9 Å². The molecule has 1 saturated heterocycles. The maximum absolute atomic E-state index is 14.3. The fraction of sp³-hybridized carbons (Fsp3) is 0.350. The Bertz CT molecular complexity index is 945. The van der Waals surface area contributed by atoms with E-state index in [2.05, 4.69) is 15.3 Å². The smallest absolute Gasteiger partial charge is 0.419 e. The van der Waals surface area contributed by atoms with E-state index in [1.54, 1.807) is 4.90 Å². The van der Waals surface area contributed by atoms with Gasteiger partial charge in [0.15, 0.2) is 5.82 Å². The number of hydrogen-bond acceptors (Lipinski definition) is 4. The van der Waals surface area contributed by atoms with Crippen molar-refractivity contribution in [3.63, 3.8) is 0 Å². The third-order valence-corrected chi connectivity index (χ3v) is 4.83. The van der Waals surface area contributed by atoms with Gasteiger partial charge in [-0.05, 0) is 18.4 Å².